The van der Waals surface area contributed by atoms with Crippen molar-refractivity contribution in [2.75, 3.05) is 6.61 Å². The van der Waals surface area contributed by atoms with Gasteiger partial charge in [-0.1, -0.05) is 68.8 Å². The zero-order valence-electron chi connectivity index (χ0n) is 20.5. The molecular formula is C28H34N2O5. The molecule has 0 saturated heterocycles. The van der Waals surface area contributed by atoms with Crippen molar-refractivity contribution in [1.82, 2.24) is 10.6 Å². The fourth-order valence-corrected chi connectivity index (χ4v) is 5.73. The van der Waals surface area contributed by atoms with Crippen molar-refractivity contribution in [3.8, 4) is 11.1 Å². The Bertz CT molecular complexity index is 1050. The van der Waals surface area contributed by atoms with E-state index in [1.807, 2.05) is 38.1 Å². The van der Waals surface area contributed by atoms with Gasteiger partial charge in [0, 0.05) is 18.0 Å². The Kier molecular flexibility index (Phi) is 7.43. The van der Waals surface area contributed by atoms with E-state index in [-0.39, 0.29) is 30.4 Å². The second kappa shape index (κ2) is 10.5. The highest BCUT2D eigenvalue weighted by Gasteiger charge is 2.37. The first-order valence-corrected chi connectivity index (χ1v) is 12.4. The van der Waals surface area contributed by atoms with Crippen molar-refractivity contribution in [2.24, 2.45) is 17.8 Å². The Labute approximate surface area is 206 Å². The van der Waals surface area contributed by atoms with Crippen molar-refractivity contribution >= 4 is 18.0 Å². The number of carboxylic acids is 1. The van der Waals surface area contributed by atoms with Gasteiger partial charge in [0.05, 0.1) is 11.8 Å². The summed E-state index contributed by atoms with van der Waals surface area (Å²) in [5.74, 6) is -2.27. The first kappa shape index (κ1) is 24.8. The molecule has 0 spiro atoms. The molecule has 2 aromatic rings. The Morgan fingerprint density at radius 1 is 0.971 bits per heavy atom. The van der Waals surface area contributed by atoms with E-state index in [4.69, 9.17) is 4.74 Å². The Balaban J connectivity index is 1.37. The van der Waals surface area contributed by atoms with Crippen LogP contribution in [-0.4, -0.2) is 41.8 Å². The zero-order chi connectivity index (χ0) is 25.1. The monoisotopic (exact) mass is 478 g/mol. The van der Waals surface area contributed by atoms with Crippen LogP contribution in [0.4, 0.5) is 4.79 Å². The summed E-state index contributed by atoms with van der Waals surface area (Å²) in [4.78, 5) is 37.3. The summed E-state index contributed by atoms with van der Waals surface area (Å²) in [5.41, 5.74) is 4.60. The summed E-state index contributed by atoms with van der Waals surface area (Å²) in [5, 5.41) is 15.2. The number of hydrogen-bond acceptors (Lipinski definition) is 4. The van der Waals surface area contributed by atoms with Gasteiger partial charge in [-0.05, 0) is 47.9 Å². The van der Waals surface area contributed by atoms with Crippen LogP contribution in [0.15, 0.2) is 48.5 Å². The topological polar surface area (TPSA) is 105 Å². The number of hydrogen-bond donors (Lipinski definition) is 3. The molecule has 3 N–H and O–H groups in total. The van der Waals surface area contributed by atoms with E-state index < -0.39 is 29.9 Å². The lowest BCUT2D eigenvalue weighted by Gasteiger charge is -2.29. The first-order valence-electron chi connectivity index (χ1n) is 12.4. The van der Waals surface area contributed by atoms with Crippen molar-refractivity contribution in [3.63, 3.8) is 0 Å². The van der Waals surface area contributed by atoms with Crippen molar-refractivity contribution in [2.45, 2.75) is 58.0 Å². The van der Waals surface area contributed by atoms with Crippen LogP contribution in [0, 0.1) is 17.8 Å². The second-order valence-electron chi connectivity index (χ2n) is 10.0. The van der Waals surface area contributed by atoms with Crippen LogP contribution in [0.3, 0.4) is 0 Å². The maximum Gasteiger partial charge on any atom is 0.407 e. The Morgan fingerprint density at radius 2 is 1.57 bits per heavy atom. The zero-order valence-corrected chi connectivity index (χ0v) is 20.5. The SMILES string of the molecule is CC(C)C(C(=O)N[C@H]1CCC[C@H]1C(=O)O)C(C)NC(=O)OCC1c2ccccc2-c2ccccc21. The van der Waals surface area contributed by atoms with E-state index in [9.17, 15) is 19.5 Å². The van der Waals surface area contributed by atoms with Crippen LogP contribution < -0.4 is 10.6 Å². The lowest BCUT2D eigenvalue weighted by Crippen LogP contribution is -2.51. The average molecular weight is 479 g/mol. The number of fused-ring (bicyclic) bond motifs is 3. The number of ether oxygens (including phenoxy) is 1. The highest BCUT2D eigenvalue weighted by atomic mass is 16.5. The summed E-state index contributed by atoms with van der Waals surface area (Å²) >= 11 is 0. The van der Waals surface area contributed by atoms with Gasteiger partial charge in [0.25, 0.3) is 0 Å². The Morgan fingerprint density at radius 3 is 2.14 bits per heavy atom. The van der Waals surface area contributed by atoms with Gasteiger partial charge in [-0.25, -0.2) is 4.79 Å². The normalized spacial score (nSPS) is 20.6. The maximum absolute atomic E-state index is 13.1. The van der Waals surface area contributed by atoms with Gasteiger partial charge < -0.3 is 20.5 Å². The predicted octanol–water partition coefficient (Wildman–Crippen LogP) is 4.56. The molecule has 0 aliphatic heterocycles. The summed E-state index contributed by atoms with van der Waals surface area (Å²) in [6.07, 6.45) is 1.44. The van der Waals surface area contributed by atoms with E-state index in [0.717, 1.165) is 28.7 Å². The van der Waals surface area contributed by atoms with Gasteiger partial charge in [0.2, 0.25) is 5.91 Å². The predicted molar refractivity (Wildman–Crippen MR) is 133 cm³/mol. The Hall–Kier alpha value is -3.35. The highest BCUT2D eigenvalue weighted by Crippen LogP contribution is 2.44. The fraction of sp³-hybridized carbons (Fsp3) is 0.464. The van der Waals surface area contributed by atoms with E-state index in [1.165, 1.54) is 0 Å². The van der Waals surface area contributed by atoms with Crippen molar-refractivity contribution in [3.05, 3.63) is 59.7 Å². The van der Waals surface area contributed by atoms with Gasteiger partial charge in [-0.2, -0.15) is 0 Å². The number of rotatable bonds is 8. The third-order valence-corrected chi connectivity index (χ3v) is 7.41. The van der Waals surface area contributed by atoms with Crippen LogP contribution in [0.1, 0.15) is 57.1 Å². The smallest absolute Gasteiger partial charge is 0.407 e. The number of carbonyl (C=O) groups is 3. The van der Waals surface area contributed by atoms with Gasteiger partial charge in [0.15, 0.2) is 0 Å². The molecule has 2 aliphatic carbocycles. The molecule has 7 nitrogen and oxygen atoms in total. The van der Waals surface area contributed by atoms with E-state index in [1.54, 1.807) is 6.92 Å². The minimum absolute atomic E-state index is 0.0389. The van der Waals surface area contributed by atoms with Crippen LogP contribution in [-0.2, 0) is 14.3 Å². The van der Waals surface area contributed by atoms with Gasteiger partial charge in [-0.15, -0.1) is 0 Å². The van der Waals surface area contributed by atoms with E-state index in [0.29, 0.717) is 12.8 Å². The first-order chi connectivity index (χ1) is 16.8. The second-order valence-corrected chi connectivity index (χ2v) is 10.0. The number of alkyl carbamates (subject to hydrolysis) is 1. The molecule has 0 bridgehead atoms. The molecule has 0 aromatic heterocycles. The van der Waals surface area contributed by atoms with Crippen molar-refractivity contribution < 1.29 is 24.2 Å². The summed E-state index contributed by atoms with van der Waals surface area (Å²) in [6, 6.07) is 15.5. The third-order valence-electron chi connectivity index (χ3n) is 7.41. The minimum atomic E-state index is -0.876. The molecule has 0 radical (unpaired) electrons. The largest absolute Gasteiger partial charge is 0.481 e. The molecule has 2 amide bonds. The third kappa shape index (κ3) is 5.19. The lowest BCUT2D eigenvalue weighted by atomic mass is 9.88. The van der Waals surface area contributed by atoms with Crippen molar-refractivity contribution in [1.29, 1.82) is 0 Å². The standard InChI is InChI=1S/C28H34N2O5/c1-16(2)25(26(31)30-24-14-8-13-22(24)27(32)33)17(3)29-28(34)35-15-23-20-11-6-4-9-18(20)19-10-5-7-12-21(19)23/h4-7,9-12,16-17,22-25H,8,13-15H2,1-3H3,(H,29,34)(H,30,31)(H,32,33)/t17?,22-,24+,25?/m1/s1. The van der Waals surface area contributed by atoms with Crippen LogP contribution in [0.5, 0.6) is 0 Å². The van der Waals surface area contributed by atoms with Crippen LogP contribution >= 0.6 is 0 Å². The van der Waals surface area contributed by atoms with Crippen LogP contribution in [0.2, 0.25) is 0 Å². The molecule has 186 valence electrons. The fourth-order valence-electron chi connectivity index (χ4n) is 5.73. The average Bonchev–Trinajstić information content (AvgIpc) is 3.40. The number of benzene rings is 2. The molecule has 1 saturated carbocycles. The number of carbonyl (C=O) groups excluding carboxylic acids is 2. The summed E-state index contributed by atoms with van der Waals surface area (Å²) < 4.78 is 5.64. The number of aliphatic carboxylic acids is 1. The molecule has 35 heavy (non-hydrogen) atoms. The quantitative estimate of drug-likeness (QED) is 0.516. The number of nitrogens with one attached hydrogen (secondary N) is 2. The number of carboxylic acid groups (broad SMARTS) is 1. The van der Waals surface area contributed by atoms with Gasteiger partial charge >= 0.3 is 12.1 Å². The van der Waals surface area contributed by atoms with Gasteiger partial charge in [-0.3, -0.25) is 9.59 Å². The molecule has 4 rings (SSSR count). The molecule has 2 aliphatic rings. The van der Waals surface area contributed by atoms with E-state index in [2.05, 4.69) is 34.9 Å². The molecule has 2 aromatic carbocycles. The van der Waals surface area contributed by atoms with Crippen LogP contribution in [0.25, 0.3) is 11.1 Å². The lowest BCUT2D eigenvalue weighted by molar-refractivity contribution is -0.142. The minimum Gasteiger partial charge on any atom is -0.481 e. The molecule has 4 atom stereocenters. The summed E-state index contributed by atoms with van der Waals surface area (Å²) in [6.45, 7) is 5.83. The molecule has 2 unspecified atom stereocenters. The molecule has 0 heterocycles. The molecule has 1 fully saturated rings. The highest BCUT2D eigenvalue weighted by molar-refractivity contribution is 5.82. The number of amides is 2. The molecular weight excluding hydrogens is 444 g/mol. The van der Waals surface area contributed by atoms with E-state index >= 15 is 0 Å². The van der Waals surface area contributed by atoms with Gasteiger partial charge in [0.1, 0.15) is 6.61 Å². The molecule has 7 heteroatoms. The summed E-state index contributed by atoms with van der Waals surface area (Å²) in [7, 11) is 0. The maximum atomic E-state index is 13.1.